The first kappa shape index (κ1) is 13.3. The Morgan fingerprint density at radius 3 is 2.95 bits per heavy atom. The Morgan fingerprint density at radius 1 is 1.42 bits per heavy atom. The molecule has 0 aliphatic heterocycles. The molecule has 1 aliphatic carbocycles. The van der Waals surface area contributed by atoms with E-state index in [1.807, 2.05) is 0 Å². The van der Waals surface area contributed by atoms with E-state index in [-0.39, 0.29) is 0 Å². The van der Waals surface area contributed by atoms with Gasteiger partial charge in [0.2, 0.25) is 0 Å². The predicted octanol–water partition coefficient (Wildman–Crippen LogP) is 4.14. The first-order valence-corrected chi connectivity index (χ1v) is 8.83. The van der Waals surface area contributed by atoms with Crippen molar-refractivity contribution in [3.05, 3.63) is 17.3 Å². The lowest BCUT2D eigenvalue weighted by molar-refractivity contribution is 0.385. The topological polar surface area (TPSA) is 29.0 Å². The predicted molar refractivity (Wildman–Crippen MR) is 85.5 cm³/mol. The highest BCUT2D eigenvalue weighted by atomic mass is 79.9. The van der Waals surface area contributed by atoms with Gasteiger partial charge in [-0.3, -0.25) is 0 Å². The summed E-state index contributed by atoms with van der Waals surface area (Å²) in [5.41, 5.74) is 2.39. The summed E-state index contributed by atoms with van der Waals surface area (Å²) in [6, 6.07) is 0.680. The van der Waals surface area contributed by atoms with Gasteiger partial charge in [0.15, 0.2) is 0 Å². The quantitative estimate of drug-likeness (QED) is 0.766. The second kappa shape index (κ2) is 5.75. The van der Waals surface area contributed by atoms with Crippen molar-refractivity contribution >= 4 is 43.3 Å². The van der Waals surface area contributed by atoms with Gasteiger partial charge >= 0.3 is 0 Å². The normalized spacial score (nSPS) is 15.7. The molecule has 1 saturated carbocycles. The van der Waals surface area contributed by atoms with E-state index in [4.69, 9.17) is 0 Å². The molecule has 0 N–H and O–H groups in total. The minimum atomic E-state index is 0.680. The molecule has 3 rings (SSSR count). The second-order valence-electron chi connectivity index (χ2n) is 5.11. The van der Waals surface area contributed by atoms with Gasteiger partial charge in [-0.2, -0.15) is 0 Å². The molecule has 2 aromatic heterocycles. The van der Waals surface area contributed by atoms with E-state index in [2.05, 4.69) is 43.1 Å². The zero-order chi connectivity index (χ0) is 13.2. The highest BCUT2D eigenvalue weighted by Crippen LogP contribution is 2.35. The van der Waals surface area contributed by atoms with E-state index in [0.717, 1.165) is 29.6 Å². The average Bonchev–Trinajstić information content (AvgIpc) is 2.74. The third-order valence-corrected chi connectivity index (χ3v) is 5.48. The summed E-state index contributed by atoms with van der Waals surface area (Å²) in [6.07, 6.45) is 6.84. The zero-order valence-corrected chi connectivity index (χ0v) is 13.5. The Kier molecular flexibility index (Phi) is 4.03. The molecule has 0 aromatic carbocycles. The Morgan fingerprint density at radius 2 is 2.26 bits per heavy atom. The standard InChI is InChI=1S/C14H18BrN3S/c1-10-8-19-13-12(10)16-9-17-14(13)18(7-3-6-15)11-4-2-5-11/h8-9,11H,2-7H2,1H3. The van der Waals surface area contributed by atoms with Crippen LogP contribution in [0.4, 0.5) is 5.82 Å². The van der Waals surface area contributed by atoms with Gasteiger partial charge in [0.25, 0.3) is 0 Å². The number of aryl methyl sites for hydroxylation is 1. The third kappa shape index (κ3) is 2.50. The molecule has 0 unspecified atom stereocenters. The molecule has 2 heterocycles. The monoisotopic (exact) mass is 339 g/mol. The van der Waals surface area contributed by atoms with Crippen LogP contribution in [0.2, 0.25) is 0 Å². The van der Waals surface area contributed by atoms with E-state index >= 15 is 0 Å². The summed E-state index contributed by atoms with van der Waals surface area (Å²) in [5, 5.41) is 3.24. The van der Waals surface area contributed by atoms with Crippen LogP contribution in [-0.4, -0.2) is 27.9 Å². The third-order valence-electron chi connectivity index (χ3n) is 3.83. The molecule has 3 nitrogen and oxygen atoms in total. The lowest BCUT2D eigenvalue weighted by atomic mass is 9.91. The summed E-state index contributed by atoms with van der Waals surface area (Å²) in [5.74, 6) is 1.15. The smallest absolute Gasteiger partial charge is 0.150 e. The van der Waals surface area contributed by atoms with Gasteiger partial charge in [-0.15, -0.1) is 11.3 Å². The van der Waals surface area contributed by atoms with E-state index in [0.29, 0.717) is 6.04 Å². The van der Waals surface area contributed by atoms with Gasteiger partial charge in [0.1, 0.15) is 12.1 Å². The van der Waals surface area contributed by atoms with Crippen molar-refractivity contribution in [3.8, 4) is 0 Å². The molecule has 0 atom stereocenters. The molecule has 2 aromatic rings. The maximum Gasteiger partial charge on any atom is 0.150 e. The Hall–Kier alpha value is -0.680. The van der Waals surface area contributed by atoms with Crippen LogP contribution in [0.25, 0.3) is 10.2 Å². The van der Waals surface area contributed by atoms with Crippen LogP contribution in [0.3, 0.4) is 0 Å². The molecule has 5 heteroatoms. The van der Waals surface area contributed by atoms with Crippen molar-refractivity contribution in [2.45, 2.75) is 38.6 Å². The highest BCUT2D eigenvalue weighted by Gasteiger charge is 2.27. The molecule has 0 saturated heterocycles. The fraction of sp³-hybridized carbons (Fsp3) is 0.571. The number of aromatic nitrogens is 2. The first-order chi connectivity index (χ1) is 9.31. The molecule has 0 bridgehead atoms. The van der Waals surface area contributed by atoms with Crippen molar-refractivity contribution in [2.75, 3.05) is 16.8 Å². The molecule has 0 amide bonds. The van der Waals surface area contributed by atoms with Crippen LogP contribution < -0.4 is 4.90 Å². The molecule has 102 valence electrons. The van der Waals surface area contributed by atoms with Crippen molar-refractivity contribution < 1.29 is 0 Å². The van der Waals surface area contributed by atoms with Crippen molar-refractivity contribution in [1.29, 1.82) is 0 Å². The van der Waals surface area contributed by atoms with Gasteiger partial charge in [-0.1, -0.05) is 15.9 Å². The van der Waals surface area contributed by atoms with Crippen LogP contribution in [0.1, 0.15) is 31.2 Å². The number of halogens is 1. The van der Waals surface area contributed by atoms with Crippen LogP contribution in [-0.2, 0) is 0 Å². The number of fused-ring (bicyclic) bond motifs is 1. The summed E-state index contributed by atoms with van der Waals surface area (Å²) >= 11 is 5.31. The molecular formula is C14H18BrN3S. The van der Waals surface area contributed by atoms with Crippen molar-refractivity contribution in [3.63, 3.8) is 0 Å². The average molecular weight is 340 g/mol. The SMILES string of the molecule is Cc1csc2c(N(CCCBr)C3CCC3)ncnc12. The highest BCUT2D eigenvalue weighted by molar-refractivity contribution is 9.09. The molecule has 0 spiro atoms. The number of anilines is 1. The van der Waals surface area contributed by atoms with Gasteiger partial charge in [0, 0.05) is 17.9 Å². The van der Waals surface area contributed by atoms with Gasteiger partial charge < -0.3 is 4.90 Å². The molecule has 1 aliphatic rings. The van der Waals surface area contributed by atoms with Gasteiger partial charge in [0.05, 0.1) is 10.2 Å². The molecule has 19 heavy (non-hydrogen) atoms. The minimum absolute atomic E-state index is 0.680. The number of rotatable bonds is 5. The number of thiophene rings is 1. The second-order valence-corrected chi connectivity index (χ2v) is 6.79. The maximum absolute atomic E-state index is 4.59. The number of alkyl halides is 1. The Balaban J connectivity index is 1.98. The van der Waals surface area contributed by atoms with Crippen molar-refractivity contribution in [1.82, 2.24) is 9.97 Å². The Bertz CT molecular complexity index is 565. The summed E-state index contributed by atoms with van der Waals surface area (Å²) in [7, 11) is 0. The summed E-state index contributed by atoms with van der Waals surface area (Å²) in [4.78, 5) is 11.5. The largest absolute Gasteiger partial charge is 0.352 e. The lowest BCUT2D eigenvalue weighted by Gasteiger charge is -2.38. The Labute approximate surface area is 126 Å². The van der Waals surface area contributed by atoms with Crippen LogP contribution in [0, 0.1) is 6.92 Å². The van der Waals surface area contributed by atoms with E-state index in [1.165, 1.54) is 29.5 Å². The number of hydrogen-bond acceptors (Lipinski definition) is 4. The van der Waals surface area contributed by atoms with E-state index in [9.17, 15) is 0 Å². The van der Waals surface area contributed by atoms with Gasteiger partial charge in [-0.05, 0) is 43.6 Å². The van der Waals surface area contributed by atoms with Gasteiger partial charge in [-0.25, -0.2) is 9.97 Å². The van der Waals surface area contributed by atoms with Crippen LogP contribution in [0.15, 0.2) is 11.7 Å². The minimum Gasteiger partial charge on any atom is -0.352 e. The first-order valence-electron chi connectivity index (χ1n) is 6.82. The fourth-order valence-electron chi connectivity index (χ4n) is 2.55. The van der Waals surface area contributed by atoms with Crippen LogP contribution >= 0.6 is 27.3 Å². The molecule has 1 fully saturated rings. The maximum atomic E-state index is 4.59. The summed E-state index contributed by atoms with van der Waals surface area (Å²) in [6.45, 7) is 3.21. The lowest BCUT2D eigenvalue weighted by Crippen LogP contribution is -2.41. The van der Waals surface area contributed by atoms with E-state index < -0.39 is 0 Å². The molecule has 0 radical (unpaired) electrons. The zero-order valence-electron chi connectivity index (χ0n) is 11.1. The molecular weight excluding hydrogens is 322 g/mol. The number of hydrogen-bond donors (Lipinski definition) is 0. The van der Waals surface area contributed by atoms with Crippen molar-refractivity contribution in [2.24, 2.45) is 0 Å². The number of nitrogens with zero attached hydrogens (tertiary/aromatic N) is 3. The fourth-order valence-corrected chi connectivity index (χ4v) is 3.81. The van der Waals surface area contributed by atoms with E-state index in [1.54, 1.807) is 17.7 Å². The summed E-state index contributed by atoms with van der Waals surface area (Å²) < 4.78 is 1.25. The van der Waals surface area contributed by atoms with Crippen LogP contribution in [0.5, 0.6) is 0 Å².